The molecule has 0 bridgehead atoms. The summed E-state index contributed by atoms with van der Waals surface area (Å²) < 4.78 is 32.5. The van der Waals surface area contributed by atoms with Crippen molar-refractivity contribution in [1.29, 1.82) is 0 Å². The van der Waals surface area contributed by atoms with Crippen LogP contribution in [0.15, 0.2) is 17.0 Å². The third-order valence-electron chi connectivity index (χ3n) is 4.63. The first-order valence-electron chi connectivity index (χ1n) is 8.71. The minimum atomic E-state index is -3.89. The average Bonchev–Trinajstić information content (AvgIpc) is 3.03. The van der Waals surface area contributed by atoms with Gasteiger partial charge in [0.15, 0.2) is 6.04 Å². The number of carboxylic acids is 1. The smallest absolute Gasteiger partial charge is 0.328 e. The number of ether oxygens (including phenoxy) is 1. The first kappa shape index (κ1) is 21.3. The number of methoxy groups -OCH3 is 1. The molecule has 8 nitrogen and oxygen atoms in total. The molecule has 1 fully saturated rings. The maximum Gasteiger partial charge on any atom is 0.328 e. The van der Waals surface area contributed by atoms with E-state index < -0.39 is 34.0 Å². The highest BCUT2D eigenvalue weighted by atomic mass is 32.2. The normalized spacial score (nSPS) is 19.0. The highest BCUT2D eigenvalue weighted by molar-refractivity contribution is 7.89. The molecule has 0 spiro atoms. The highest BCUT2D eigenvalue weighted by Gasteiger charge is 2.41. The molecule has 0 radical (unpaired) electrons. The number of nitrogens with one attached hydrogen (secondary N) is 1. The van der Waals surface area contributed by atoms with E-state index in [1.165, 1.54) is 11.4 Å². The molecule has 2 atom stereocenters. The number of aliphatic carboxylic acids is 1. The Labute approximate surface area is 159 Å². The molecule has 1 heterocycles. The van der Waals surface area contributed by atoms with Gasteiger partial charge in [0.1, 0.15) is 6.04 Å². The Morgan fingerprint density at radius 1 is 1.30 bits per heavy atom. The molecule has 1 aliphatic rings. The van der Waals surface area contributed by atoms with Crippen molar-refractivity contribution in [2.75, 3.05) is 20.3 Å². The van der Waals surface area contributed by atoms with Gasteiger partial charge in [-0.25, -0.2) is 13.2 Å². The fraction of sp³-hybridized carbons (Fsp3) is 0.556. The first-order chi connectivity index (χ1) is 12.6. The number of amides is 1. The van der Waals surface area contributed by atoms with Crippen LogP contribution in [0.25, 0.3) is 0 Å². The van der Waals surface area contributed by atoms with Gasteiger partial charge in [0.2, 0.25) is 15.9 Å². The van der Waals surface area contributed by atoms with Crippen molar-refractivity contribution in [3.8, 4) is 0 Å². The van der Waals surface area contributed by atoms with Gasteiger partial charge in [0.25, 0.3) is 0 Å². The van der Waals surface area contributed by atoms with Gasteiger partial charge in [-0.15, -0.1) is 0 Å². The van der Waals surface area contributed by atoms with Gasteiger partial charge in [-0.05, 0) is 44.7 Å². The molecule has 9 heteroatoms. The Bertz CT molecular complexity index is 813. The number of hydrogen-bond donors (Lipinski definition) is 2. The van der Waals surface area contributed by atoms with Crippen LogP contribution < -0.4 is 5.32 Å². The van der Waals surface area contributed by atoms with Crippen molar-refractivity contribution in [3.63, 3.8) is 0 Å². The van der Waals surface area contributed by atoms with Crippen molar-refractivity contribution in [2.45, 2.75) is 50.6 Å². The predicted molar refractivity (Wildman–Crippen MR) is 99.0 cm³/mol. The van der Waals surface area contributed by atoms with E-state index in [2.05, 4.69) is 5.32 Å². The largest absolute Gasteiger partial charge is 0.480 e. The quantitative estimate of drug-likeness (QED) is 0.708. The summed E-state index contributed by atoms with van der Waals surface area (Å²) >= 11 is 0. The lowest BCUT2D eigenvalue weighted by molar-refractivity contribution is -0.143. The van der Waals surface area contributed by atoms with E-state index in [-0.39, 0.29) is 18.0 Å². The second-order valence-corrected chi connectivity index (χ2v) is 8.68. The molecular formula is C18H26N2O6S. The maximum atomic E-state index is 13.3. The Kier molecular flexibility index (Phi) is 6.61. The van der Waals surface area contributed by atoms with E-state index in [1.54, 1.807) is 26.0 Å². The minimum absolute atomic E-state index is 0.198. The van der Waals surface area contributed by atoms with Crippen molar-refractivity contribution < 1.29 is 27.9 Å². The molecule has 1 saturated heterocycles. The van der Waals surface area contributed by atoms with Crippen LogP contribution in [0.5, 0.6) is 0 Å². The van der Waals surface area contributed by atoms with Crippen molar-refractivity contribution in [3.05, 3.63) is 28.8 Å². The molecule has 1 amide bonds. The summed E-state index contributed by atoms with van der Waals surface area (Å²) in [5.41, 5.74) is 2.21. The number of rotatable bonds is 7. The van der Waals surface area contributed by atoms with E-state index >= 15 is 0 Å². The molecule has 1 aromatic rings. The summed E-state index contributed by atoms with van der Waals surface area (Å²) in [6.45, 7) is 5.38. The fourth-order valence-corrected chi connectivity index (χ4v) is 5.66. The number of sulfonamides is 1. The molecule has 2 N–H and O–H groups in total. The molecule has 150 valence electrons. The predicted octanol–water partition coefficient (Wildman–Crippen LogP) is 0.981. The first-order valence-corrected chi connectivity index (χ1v) is 10.2. The summed E-state index contributed by atoms with van der Waals surface area (Å²) in [4.78, 5) is 24.1. The van der Waals surface area contributed by atoms with Gasteiger partial charge in [-0.1, -0.05) is 17.7 Å². The molecule has 1 aromatic carbocycles. The van der Waals surface area contributed by atoms with Crippen LogP contribution in [0.1, 0.15) is 29.5 Å². The van der Waals surface area contributed by atoms with E-state index in [0.717, 1.165) is 5.56 Å². The topological polar surface area (TPSA) is 113 Å². The second-order valence-electron chi connectivity index (χ2n) is 6.86. The number of carbonyl (C=O) groups is 2. The van der Waals surface area contributed by atoms with Gasteiger partial charge in [0.05, 0.1) is 11.5 Å². The zero-order valence-corrected chi connectivity index (χ0v) is 16.8. The highest BCUT2D eigenvalue weighted by Crippen LogP contribution is 2.30. The Hall–Kier alpha value is -1.97. The summed E-state index contributed by atoms with van der Waals surface area (Å²) in [6.07, 6.45) is 0.873. The van der Waals surface area contributed by atoms with Crippen LogP contribution in [-0.4, -0.2) is 62.1 Å². The maximum absolute atomic E-state index is 13.3. The third-order valence-corrected chi connectivity index (χ3v) is 6.84. The monoisotopic (exact) mass is 398 g/mol. The SMILES string of the molecule is COCC(NC(=O)C1CCCN1S(=O)(=O)c1c(C)cc(C)cc1C)C(=O)O. The lowest BCUT2D eigenvalue weighted by atomic mass is 10.1. The van der Waals surface area contributed by atoms with Crippen LogP contribution in [0, 0.1) is 20.8 Å². The number of nitrogens with zero attached hydrogens (tertiary/aromatic N) is 1. The summed E-state index contributed by atoms with van der Waals surface area (Å²) in [7, 11) is -2.55. The average molecular weight is 398 g/mol. The fourth-order valence-electron chi connectivity index (χ4n) is 3.59. The van der Waals surface area contributed by atoms with Crippen LogP contribution >= 0.6 is 0 Å². The molecule has 0 aromatic heterocycles. The molecule has 2 rings (SSSR count). The van der Waals surface area contributed by atoms with Gasteiger partial charge in [-0.3, -0.25) is 4.79 Å². The standard InChI is InChI=1S/C18H26N2O6S/c1-11-8-12(2)16(13(3)9-11)27(24,25)20-7-5-6-15(20)17(21)19-14(10-26-4)18(22)23/h8-9,14-15H,5-7,10H2,1-4H3,(H,19,21)(H,22,23). The van der Waals surface area contributed by atoms with Gasteiger partial charge in [-0.2, -0.15) is 4.31 Å². The summed E-state index contributed by atoms with van der Waals surface area (Å²) in [5, 5.41) is 11.6. The van der Waals surface area contributed by atoms with Crippen molar-refractivity contribution >= 4 is 21.9 Å². The van der Waals surface area contributed by atoms with Crippen LogP contribution in [0.3, 0.4) is 0 Å². The molecule has 0 aliphatic carbocycles. The van der Waals surface area contributed by atoms with Gasteiger partial charge >= 0.3 is 5.97 Å². The molecular weight excluding hydrogens is 372 g/mol. The van der Waals surface area contributed by atoms with Crippen LogP contribution in [-0.2, 0) is 24.3 Å². The van der Waals surface area contributed by atoms with E-state index in [4.69, 9.17) is 4.74 Å². The lowest BCUT2D eigenvalue weighted by Crippen LogP contribution is -2.52. The molecule has 0 saturated carbocycles. The molecule has 2 unspecified atom stereocenters. The number of carboxylic acid groups (broad SMARTS) is 1. The molecule has 1 aliphatic heterocycles. The van der Waals surface area contributed by atoms with E-state index in [9.17, 15) is 23.1 Å². The van der Waals surface area contributed by atoms with Gasteiger partial charge in [0, 0.05) is 13.7 Å². The van der Waals surface area contributed by atoms with Crippen molar-refractivity contribution in [2.24, 2.45) is 0 Å². The summed E-state index contributed by atoms with van der Waals surface area (Å²) in [5.74, 6) is -1.86. The Balaban J connectivity index is 2.32. The van der Waals surface area contributed by atoms with Crippen LogP contribution in [0.4, 0.5) is 0 Å². The second kappa shape index (κ2) is 8.37. The zero-order chi connectivity index (χ0) is 20.4. The van der Waals surface area contributed by atoms with Gasteiger partial charge < -0.3 is 15.2 Å². The third kappa shape index (κ3) is 4.48. The number of carbonyl (C=O) groups excluding carboxylic acids is 1. The Morgan fingerprint density at radius 2 is 1.89 bits per heavy atom. The van der Waals surface area contributed by atoms with Crippen LogP contribution in [0.2, 0.25) is 0 Å². The van der Waals surface area contributed by atoms with Crippen molar-refractivity contribution in [1.82, 2.24) is 9.62 Å². The number of hydrogen-bond acceptors (Lipinski definition) is 5. The number of benzene rings is 1. The molecule has 27 heavy (non-hydrogen) atoms. The minimum Gasteiger partial charge on any atom is -0.480 e. The Morgan fingerprint density at radius 3 is 2.41 bits per heavy atom. The lowest BCUT2D eigenvalue weighted by Gasteiger charge is -2.26. The number of aryl methyl sites for hydroxylation is 3. The van der Waals surface area contributed by atoms with E-state index in [1.807, 2.05) is 6.92 Å². The zero-order valence-electron chi connectivity index (χ0n) is 16.0. The van der Waals surface area contributed by atoms with E-state index in [0.29, 0.717) is 24.0 Å². The summed E-state index contributed by atoms with van der Waals surface area (Å²) in [6, 6.07) is 1.43.